The molecular weight excluding hydrogens is 243 g/mol. The third-order valence-electron chi connectivity index (χ3n) is 2.34. The zero-order valence-electron chi connectivity index (χ0n) is 9.89. The molecule has 0 saturated heterocycles. The zero-order chi connectivity index (χ0) is 12.8. The van der Waals surface area contributed by atoms with Gasteiger partial charge in [0.05, 0.1) is 10.6 Å². The molecular formula is C12H16ClFN2O. The summed E-state index contributed by atoms with van der Waals surface area (Å²) in [6, 6.07) is 3.74. The van der Waals surface area contributed by atoms with Gasteiger partial charge in [0.1, 0.15) is 5.82 Å². The highest BCUT2D eigenvalue weighted by molar-refractivity contribution is 6.33. The van der Waals surface area contributed by atoms with E-state index in [1.54, 1.807) is 0 Å². The largest absolute Gasteiger partial charge is 0.352 e. The van der Waals surface area contributed by atoms with Gasteiger partial charge in [0.15, 0.2) is 0 Å². The molecule has 0 radical (unpaired) electrons. The lowest BCUT2D eigenvalue weighted by Crippen LogP contribution is -2.32. The average molecular weight is 259 g/mol. The Bertz CT molecular complexity index is 398. The SMILES string of the molecule is CNCC(C)CNC(=O)c1ccc(F)cc1Cl. The molecule has 5 heteroatoms. The van der Waals surface area contributed by atoms with Gasteiger partial charge in [0, 0.05) is 6.54 Å². The van der Waals surface area contributed by atoms with Crippen LogP contribution in [0.25, 0.3) is 0 Å². The van der Waals surface area contributed by atoms with E-state index in [1.807, 2.05) is 14.0 Å². The normalized spacial score (nSPS) is 12.2. The van der Waals surface area contributed by atoms with Gasteiger partial charge in [0.25, 0.3) is 5.91 Å². The summed E-state index contributed by atoms with van der Waals surface area (Å²) in [4.78, 5) is 11.7. The van der Waals surface area contributed by atoms with Gasteiger partial charge in [-0.05, 0) is 37.7 Å². The van der Waals surface area contributed by atoms with Crippen LogP contribution in [0.1, 0.15) is 17.3 Å². The Morgan fingerprint density at radius 2 is 2.18 bits per heavy atom. The molecule has 0 heterocycles. The maximum Gasteiger partial charge on any atom is 0.252 e. The Labute approximate surface area is 105 Å². The predicted octanol–water partition coefficient (Wildman–Crippen LogP) is 2.06. The number of carbonyl (C=O) groups is 1. The lowest BCUT2D eigenvalue weighted by atomic mass is 10.1. The summed E-state index contributed by atoms with van der Waals surface area (Å²) in [7, 11) is 1.86. The van der Waals surface area contributed by atoms with E-state index in [-0.39, 0.29) is 10.9 Å². The molecule has 0 aromatic heterocycles. The van der Waals surface area contributed by atoms with Crippen molar-refractivity contribution in [2.45, 2.75) is 6.92 Å². The third-order valence-corrected chi connectivity index (χ3v) is 2.65. The average Bonchev–Trinajstić information content (AvgIpc) is 2.26. The van der Waals surface area contributed by atoms with Crippen LogP contribution in [0.2, 0.25) is 5.02 Å². The number of hydrogen-bond acceptors (Lipinski definition) is 2. The van der Waals surface area contributed by atoms with E-state index in [4.69, 9.17) is 11.6 Å². The fourth-order valence-corrected chi connectivity index (χ4v) is 1.71. The Hall–Kier alpha value is -1.13. The van der Waals surface area contributed by atoms with Crippen molar-refractivity contribution >= 4 is 17.5 Å². The van der Waals surface area contributed by atoms with Gasteiger partial charge in [-0.25, -0.2) is 4.39 Å². The molecule has 0 bridgehead atoms. The second kappa shape index (κ2) is 6.57. The number of halogens is 2. The van der Waals surface area contributed by atoms with Gasteiger partial charge in [0.2, 0.25) is 0 Å². The molecule has 2 N–H and O–H groups in total. The van der Waals surface area contributed by atoms with E-state index in [9.17, 15) is 9.18 Å². The second-order valence-electron chi connectivity index (χ2n) is 4.00. The van der Waals surface area contributed by atoms with Crippen LogP contribution < -0.4 is 10.6 Å². The minimum absolute atomic E-state index is 0.128. The van der Waals surface area contributed by atoms with Gasteiger partial charge < -0.3 is 10.6 Å². The summed E-state index contributed by atoms with van der Waals surface area (Å²) in [6.45, 7) is 3.38. The second-order valence-corrected chi connectivity index (χ2v) is 4.40. The molecule has 0 saturated carbocycles. The van der Waals surface area contributed by atoms with Crippen LogP contribution in [-0.2, 0) is 0 Å². The molecule has 1 rings (SSSR count). The Morgan fingerprint density at radius 3 is 2.76 bits per heavy atom. The maximum absolute atomic E-state index is 12.8. The highest BCUT2D eigenvalue weighted by Gasteiger charge is 2.11. The first-order valence-corrected chi connectivity index (χ1v) is 5.80. The van der Waals surface area contributed by atoms with E-state index < -0.39 is 5.82 Å². The minimum atomic E-state index is -0.449. The quantitative estimate of drug-likeness (QED) is 0.849. The van der Waals surface area contributed by atoms with Crippen LogP contribution in [0.15, 0.2) is 18.2 Å². The number of hydrogen-bond donors (Lipinski definition) is 2. The van der Waals surface area contributed by atoms with E-state index >= 15 is 0 Å². The summed E-state index contributed by atoms with van der Waals surface area (Å²) in [5.41, 5.74) is 0.296. The topological polar surface area (TPSA) is 41.1 Å². The highest BCUT2D eigenvalue weighted by Crippen LogP contribution is 2.16. The molecule has 1 unspecified atom stereocenters. The first kappa shape index (κ1) is 13.9. The maximum atomic E-state index is 12.8. The monoisotopic (exact) mass is 258 g/mol. The number of carbonyl (C=O) groups excluding carboxylic acids is 1. The molecule has 17 heavy (non-hydrogen) atoms. The molecule has 0 aliphatic heterocycles. The van der Waals surface area contributed by atoms with Crippen molar-refractivity contribution in [1.29, 1.82) is 0 Å². The van der Waals surface area contributed by atoms with Crippen molar-refractivity contribution in [3.05, 3.63) is 34.6 Å². The summed E-state index contributed by atoms with van der Waals surface area (Å²) in [5.74, 6) is -0.406. The number of nitrogens with one attached hydrogen (secondary N) is 2. The summed E-state index contributed by atoms with van der Waals surface area (Å²) < 4.78 is 12.8. The minimum Gasteiger partial charge on any atom is -0.352 e. The lowest BCUT2D eigenvalue weighted by molar-refractivity contribution is 0.0948. The van der Waals surface area contributed by atoms with E-state index in [1.165, 1.54) is 12.1 Å². The molecule has 0 fully saturated rings. The number of rotatable bonds is 5. The van der Waals surface area contributed by atoms with Crippen molar-refractivity contribution in [3.8, 4) is 0 Å². The van der Waals surface area contributed by atoms with Crippen LogP contribution in [0.3, 0.4) is 0 Å². The Morgan fingerprint density at radius 1 is 1.47 bits per heavy atom. The molecule has 3 nitrogen and oxygen atoms in total. The summed E-state index contributed by atoms with van der Waals surface area (Å²) in [5, 5.41) is 5.91. The van der Waals surface area contributed by atoms with Crippen LogP contribution in [0.5, 0.6) is 0 Å². The Kier molecular flexibility index (Phi) is 5.38. The standard InChI is InChI=1S/C12H16ClFN2O/c1-8(6-15-2)7-16-12(17)10-4-3-9(14)5-11(10)13/h3-5,8,15H,6-7H2,1-2H3,(H,16,17). The van der Waals surface area contributed by atoms with Crippen molar-refractivity contribution in [1.82, 2.24) is 10.6 Å². The highest BCUT2D eigenvalue weighted by atomic mass is 35.5. The Balaban J connectivity index is 2.58. The van der Waals surface area contributed by atoms with Crippen molar-refractivity contribution in [3.63, 3.8) is 0 Å². The van der Waals surface area contributed by atoms with E-state index in [2.05, 4.69) is 10.6 Å². The van der Waals surface area contributed by atoms with Crippen LogP contribution in [-0.4, -0.2) is 26.0 Å². The fourth-order valence-electron chi connectivity index (χ4n) is 1.46. The van der Waals surface area contributed by atoms with Gasteiger partial charge in [-0.15, -0.1) is 0 Å². The third kappa shape index (κ3) is 4.32. The molecule has 0 spiro atoms. The van der Waals surface area contributed by atoms with Crippen LogP contribution in [0, 0.1) is 11.7 Å². The van der Waals surface area contributed by atoms with Crippen molar-refractivity contribution in [2.75, 3.05) is 20.1 Å². The number of benzene rings is 1. The van der Waals surface area contributed by atoms with E-state index in [0.29, 0.717) is 18.0 Å². The van der Waals surface area contributed by atoms with E-state index in [0.717, 1.165) is 12.6 Å². The molecule has 1 atom stereocenters. The fraction of sp³-hybridized carbons (Fsp3) is 0.417. The summed E-state index contributed by atoms with van der Waals surface area (Å²) >= 11 is 5.79. The molecule has 0 aliphatic carbocycles. The van der Waals surface area contributed by atoms with Gasteiger partial charge in [-0.1, -0.05) is 18.5 Å². The van der Waals surface area contributed by atoms with Gasteiger partial charge in [-0.2, -0.15) is 0 Å². The molecule has 1 aromatic rings. The molecule has 94 valence electrons. The molecule has 1 aromatic carbocycles. The first-order valence-electron chi connectivity index (χ1n) is 5.42. The van der Waals surface area contributed by atoms with Crippen molar-refractivity contribution in [2.24, 2.45) is 5.92 Å². The van der Waals surface area contributed by atoms with Gasteiger partial charge >= 0.3 is 0 Å². The predicted molar refractivity (Wildman–Crippen MR) is 66.8 cm³/mol. The smallest absolute Gasteiger partial charge is 0.252 e. The molecule has 1 amide bonds. The number of amides is 1. The summed E-state index contributed by atoms with van der Waals surface area (Å²) in [6.07, 6.45) is 0. The van der Waals surface area contributed by atoms with Crippen molar-refractivity contribution < 1.29 is 9.18 Å². The first-order chi connectivity index (χ1) is 8.04. The van der Waals surface area contributed by atoms with Crippen LogP contribution in [0.4, 0.5) is 4.39 Å². The molecule has 0 aliphatic rings. The van der Waals surface area contributed by atoms with Crippen LogP contribution >= 0.6 is 11.6 Å². The zero-order valence-corrected chi connectivity index (χ0v) is 10.6. The van der Waals surface area contributed by atoms with Gasteiger partial charge in [-0.3, -0.25) is 4.79 Å². The lowest BCUT2D eigenvalue weighted by Gasteiger charge is -2.12.